The molecular weight excluding hydrogens is 334 g/mol. The third-order valence-electron chi connectivity index (χ3n) is 4.93. The molecule has 0 bridgehead atoms. The Hall–Kier alpha value is -2.14. The molecule has 132 valence electrons. The van der Waals surface area contributed by atoms with E-state index in [1.54, 1.807) is 11.9 Å². The third kappa shape index (κ3) is 4.28. The van der Waals surface area contributed by atoms with Gasteiger partial charge in [0.15, 0.2) is 9.84 Å². The quantitative estimate of drug-likeness (QED) is 0.827. The molecule has 2 aromatic carbocycles. The average molecular weight is 357 g/mol. The van der Waals surface area contributed by atoms with Crippen LogP contribution in [0.15, 0.2) is 60.7 Å². The fourth-order valence-electron chi connectivity index (χ4n) is 3.40. The van der Waals surface area contributed by atoms with Gasteiger partial charge in [-0.1, -0.05) is 60.7 Å². The Morgan fingerprint density at radius 3 is 2.00 bits per heavy atom. The fraction of sp³-hybridized carbons (Fsp3) is 0.350. The first-order valence-electron chi connectivity index (χ1n) is 8.52. The molecule has 0 aliphatic carbocycles. The van der Waals surface area contributed by atoms with E-state index in [1.807, 2.05) is 60.7 Å². The first-order chi connectivity index (χ1) is 12.0. The largest absolute Gasteiger partial charge is 0.342 e. The molecule has 1 aliphatic rings. The van der Waals surface area contributed by atoms with Crippen LogP contribution >= 0.6 is 0 Å². The Morgan fingerprint density at radius 1 is 1.04 bits per heavy atom. The first kappa shape index (κ1) is 17.7. The summed E-state index contributed by atoms with van der Waals surface area (Å²) in [5.74, 6) is 0.210. The summed E-state index contributed by atoms with van der Waals surface area (Å²) < 4.78 is 23.4. The molecule has 1 heterocycles. The van der Waals surface area contributed by atoms with Crippen molar-refractivity contribution in [3.63, 3.8) is 0 Å². The van der Waals surface area contributed by atoms with Crippen LogP contribution in [-0.2, 0) is 14.6 Å². The maximum atomic E-state index is 12.8. The maximum Gasteiger partial charge on any atom is 0.223 e. The lowest BCUT2D eigenvalue weighted by Crippen LogP contribution is -2.38. The molecule has 0 saturated carbocycles. The van der Waals surface area contributed by atoms with E-state index < -0.39 is 9.84 Å². The molecule has 0 unspecified atom stereocenters. The van der Waals surface area contributed by atoms with Crippen LogP contribution in [0, 0.1) is 0 Å². The van der Waals surface area contributed by atoms with Gasteiger partial charge in [-0.15, -0.1) is 0 Å². The molecule has 1 amide bonds. The zero-order chi connectivity index (χ0) is 17.9. The van der Waals surface area contributed by atoms with Crippen molar-refractivity contribution in [3.05, 3.63) is 71.8 Å². The minimum atomic E-state index is -3.00. The molecular formula is C20H23NO3S. The zero-order valence-corrected chi connectivity index (χ0v) is 15.2. The molecule has 0 spiro atoms. The highest BCUT2D eigenvalue weighted by molar-refractivity contribution is 7.91. The topological polar surface area (TPSA) is 54.5 Å². The van der Waals surface area contributed by atoms with E-state index in [0.717, 1.165) is 11.1 Å². The third-order valence-corrected chi connectivity index (χ3v) is 6.68. The highest BCUT2D eigenvalue weighted by atomic mass is 32.2. The standard InChI is InChI=1S/C20H23NO3S/c1-21(18-12-13-25(23,24)15-18)20(22)14-19(16-8-4-2-5-9-16)17-10-6-3-7-11-17/h2-11,18-19H,12-15H2,1H3/t18-/m0/s1. The lowest BCUT2D eigenvalue weighted by atomic mass is 9.88. The Morgan fingerprint density at radius 2 is 1.56 bits per heavy atom. The van der Waals surface area contributed by atoms with Crippen LogP contribution in [0.1, 0.15) is 29.9 Å². The van der Waals surface area contributed by atoms with Crippen LogP contribution in [0.4, 0.5) is 0 Å². The van der Waals surface area contributed by atoms with E-state index >= 15 is 0 Å². The van der Waals surface area contributed by atoms with Gasteiger partial charge in [-0.25, -0.2) is 8.42 Å². The normalized spacial score (nSPS) is 19.0. The van der Waals surface area contributed by atoms with Crippen molar-refractivity contribution in [2.75, 3.05) is 18.6 Å². The fourth-order valence-corrected chi connectivity index (χ4v) is 5.18. The van der Waals surface area contributed by atoms with Crippen LogP contribution in [-0.4, -0.2) is 43.8 Å². The lowest BCUT2D eigenvalue weighted by Gasteiger charge is -2.26. The summed E-state index contributed by atoms with van der Waals surface area (Å²) in [6.07, 6.45) is 0.868. The zero-order valence-electron chi connectivity index (χ0n) is 14.3. The Bertz CT molecular complexity index is 779. The number of hydrogen-bond donors (Lipinski definition) is 0. The highest BCUT2D eigenvalue weighted by Gasteiger charge is 2.33. The first-order valence-corrected chi connectivity index (χ1v) is 10.3. The van der Waals surface area contributed by atoms with Crippen molar-refractivity contribution >= 4 is 15.7 Å². The van der Waals surface area contributed by atoms with Crippen molar-refractivity contribution in [1.29, 1.82) is 0 Å². The Kier molecular flexibility index (Phi) is 5.23. The number of rotatable bonds is 5. The van der Waals surface area contributed by atoms with E-state index in [2.05, 4.69) is 0 Å². The van der Waals surface area contributed by atoms with Crippen molar-refractivity contribution in [3.8, 4) is 0 Å². The van der Waals surface area contributed by atoms with E-state index in [9.17, 15) is 13.2 Å². The minimum absolute atomic E-state index is 0.0141. The summed E-state index contributed by atoms with van der Waals surface area (Å²) in [5, 5.41) is 0. The van der Waals surface area contributed by atoms with Gasteiger partial charge in [0, 0.05) is 25.4 Å². The number of sulfone groups is 1. The molecule has 5 heteroatoms. The molecule has 0 radical (unpaired) electrons. The average Bonchev–Trinajstić information content (AvgIpc) is 3.00. The number of carbonyl (C=O) groups is 1. The van der Waals surface area contributed by atoms with Crippen LogP contribution in [0.5, 0.6) is 0 Å². The molecule has 4 nitrogen and oxygen atoms in total. The summed E-state index contributed by atoms with van der Waals surface area (Å²) in [7, 11) is -1.28. The van der Waals surface area contributed by atoms with Gasteiger partial charge in [-0.2, -0.15) is 0 Å². The second kappa shape index (κ2) is 7.40. The second-order valence-electron chi connectivity index (χ2n) is 6.64. The molecule has 2 aromatic rings. The molecule has 1 fully saturated rings. The number of benzene rings is 2. The van der Waals surface area contributed by atoms with E-state index in [1.165, 1.54) is 0 Å². The molecule has 3 rings (SSSR count). The van der Waals surface area contributed by atoms with Gasteiger partial charge in [-0.05, 0) is 17.5 Å². The van der Waals surface area contributed by atoms with Gasteiger partial charge >= 0.3 is 0 Å². The van der Waals surface area contributed by atoms with E-state index in [0.29, 0.717) is 12.8 Å². The van der Waals surface area contributed by atoms with Gasteiger partial charge in [0.25, 0.3) is 0 Å². The number of hydrogen-bond acceptors (Lipinski definition) is 3. The summed E-state index contributed by atoms with van der Waals surface area (Å²) >= 11 is 0. The summed E-state index contributed by atoms with van der Waals surface area (Å²) in [6, 6.07) is 19.8. The van der Waals surface area contributed by atoms with Crippen molar-refractivity contribution in [2.45, 2.75) is 24.8 Å². The predicted molar refractivity (Wildman–Crippen MR) is 99.2 cm³/mol. The predicted octanol–water partition coefficient (Wildman–Crippen LogP) is 2.85. The smallest absolute Gasteiger partial charge is 0.223 e. The van der Waals surface area contributed by atoms with Gasteiger partial charge in [-0.3, -0.25) is 4.79 Å². The Balaban J connectivity index is 1.80. The molecule has 25 heavy (non-hydrogen) atoms. The molecule has 0 N–H and O–H groups in total. The number of amides is 1. The van der Waals surface area contributed by atoms with Gasteiger partial charge in [0.1, 0.15) is 0 Å². The van der Waals surface area contributed by atoms with Crippen molar-refractivity contribution in [1.82, 2.24) is 4.90 Å². The number of nitrogens with zero attached hydrogens (tertiary/aromatic N) is 1. The Labute approximate surface area is 149 Å². The van der Waals surface area contributed by atoms with Crippen LogP contribution < -0.4 is 0 Å². The van der Waals surface area contributed by atoms with Crippen molar-refractivity contribution < 1.29 is 13.2 Å². The van der Waals surface area contributed by atoms with Crippen molar-refractivity contribution in [2.24, 2.45) is 0 Å². The summed E-state index contributed by atoms with van der Waals surface area (Å²) in [5.41, 5.74) is 2.18. The summed E-state index contributed by atoms with van der Waals surface area (Å²) in [6.45, 7) is 0. The monoisotopic (exact) mass is 357 g/mol. The van der Waals surface area contributed by atoms with E-state index in [4.69, 9.17) is 0 Å². The lowest BCUT2D eigenvalue weighted by molar-refractivity contribution is -0.131. The number of carbonyl (C=O) groups excluding carboxylic acids is 1. The molecule has 0 aromatic heterocycles. The second-order valence-corrected chi connectivity index (χ2v) is 8.87. The molecule has 1 saturated heterocycles. The van der Waals surface area contributed by atoms with Crippen LogP contribution in [0.25, 0.3) is 0 Å². The minimum Gasteiger partial charge on any atom is -0.342 e. The highest BCUT2D eigenvalue weighted by Crippen LogP contribution is 2.29. The van der Waals surface area contributed by atoms with E-state index in [-0.39, 0.29) is 29.4 Å². The molecule has 1 aliphatic heterocycles. The van der Waals surface area contributed by atoms with Gasteiger partial charge in [0.05, 0.1) is 11.5 Å². The maximum absolute atomic E-state index is 12.8. The summed E-state index contributed by atoms with van der Waals surface area (Å²) in [4.78, 5) is 14.5. The van der Waals surface area contributed by atoms with Crippen LogP contribution in [0.3, 0.4) is 0 Å². The van der Waals surface area contributed by atoms with Gasteiger partial charge in [0.2, 0.25) is 5.91 Å². The SMILES string of the molecule is CN(C(=O)CC(c1ccccc1)c1ccccc1)[C@H]1CCS(=O)(=O)C1. The molecule has 1 atom stereocenters. The van der Waals surface area contributed by atoms with Gasteiger partial charge < -0.3 is 4.90 Å². The van der Waals surface area contributed by atoms with Crippen LogP contribution in [0.2, 0.25) is 0 Å².